The van der Waals surface area contributed by atoms with E-state index in [1.54, 1.807) is 12.1 Å². The lowest BCUT2D eigenvalue weighted by Crippen LogP contribution is -2.34. The highest BCUT2D eigenvalue weighted by Crippen LogP contribution is 2.44. The molecule has 2 aromatic carbocycles. The second kappa shape index (κ2) is 4.81. The Labute approximate surface area is 123 Å². The summed E-state index contributed by atoms with van der Waals surface area (Å²) in [6.07, 6.45) is 0. The van der Waals surface area contributed by atoms with Crippen molar-refractivity contribution in [3.63, 3.8) is 0 Å². The van der Waals surface area contributed by atoms with Crippen LogP contribution in [0.4, 0.5) is 5.69 Å². The molecule has 21 heavy (non-hydrogen) atoms. The number of primary amides is 1. The van der Waals surface area contributed by atoms with Crippen LogP contribution in [0, 0.1) is 0 Å². The number of para-hydroxylation sites is 1. The molecular weight excluding hydrogens is 264 g/mol. The van der Waals surface area contributed by atoms with Crippen molar-refractivity contribution < 1.29 is 9.53 Å². The van der Waals surface area contributed by atoms with Crippen LogP contribution in [0.25, 0.3) is 0 Å². The van der Waals surface area contributed by atoms with E-state index < -0.39 is 5.91 Å². The van der Waals surface area contributed by atoms with Gasteiger partial charge in [-0.05, 0) is 38.1 Å². The number of carbonyl (C=O) groups excluding carboxylic acids is 1. The molecule has 3 rings (SSSR count). The minimum Gasteiger partial charge on any atom is -0.485 e. The van der Waals surface area contributed by atoms with Crippen molar-refractivity contribution in [2.24, 2.45) is 5.73 Å². The van der Waals surface area contributed by atoms with Crippen LogP contribution in [0.1, 0.15) is 35.8 Å². The maximum absolute atomic E-state index is 11.3. The highest BCUT2D eigenvalue weighted by Gasteiger charge is 2.40. The summed E-state index contributed by atoms with van der Waals surface area (Å²) in [5.41, 5.74) is 7.42. The van der Waals surface area contributed by atoms with Crippen molar-refractivity contribution >= 4 is 11.6 Å². The first-order chi connectivity index (χ1) is 9.97. The summed E-state index contributed by atoms with van der Waals surface area (Å²) in [6.45, 7) is 4.09. The third-order valence-electron chi connectivity index (χ3n) is 3.76. The number of benzene rings is 2. The van der Waals surface area contributed by atoms with Gasteiger partial charge in [0, 0.05) is 16.8 Å². The lowest BCUT2D eigenvalue weighted by molar-refractivity contribution is 0.100. The molecule has 0 saturated carbocycles. The Morgan fingerprint density at radius 1 is 1.19 bits per heavy atom. The number of hydrogen-bond donors (Lipinski definition) is 2. The van der Waals surface area contributed by atoms with Crippen molar-refractivity contribution in [3.8, 4) is 5.75 Å². The quantitative estimate of drug-likeness (QED) is 0.909. The van der Waals surface area contributed by atoms with Crippen molar-refractivity contribution in [2.75, 3.05) is 5.32 Å². The average molecular weight is 282 g/mol. The molecule has 3 N–H and O–H groups in total. The van der Waals surface area contributed by atoms with Crippen LogP contribution in [0.15, 0.2) is 48.5 Å². The summed E-state index contributed by atoms with van der Waals surface area (Å²) in [7, 11) is 0. The standard InChI is InChI=1S/C17H18N2O2/c1-17(2)15(13-8-3-4-9-14(13)21-17)19-12-7-5-6-11(10-12)16(18)20/h3-10,15,19H,1-2H3,(H2,18,20). The molecule has 1 atom stereocenters. The molecule has 1 unspecified atom stereocenters. The highest BCUT2D eigenvalue weighted by atomic mass is 16.5. The Bertz CT molecular complexity index is 695. The van der Waals surface area contributed by atoms with Gasteiger partial charge in [-0.15, -0.1) is 0 Å². The number of hydrogen-bond acceptors (Lipinski definition) is 3. The van der Waals surface area contributed by atoms with Gasteiger partial charge < -0.3 is 15.8 Å². The zero-order valence-electron chi connectivity index (χ0n) is 12.1. The second-order valence-corrected chi connectivity index (χ2v) is 5.77. The van der Waals surface area contributed by atoms with E-state index in [0.717, 1.165) is 17.0 Å². The third kappa shape index (κ3) is 2.44. The van der Waals surface area contributed by atoms with Crippen LogP contribution in [-0.4, -0.2) is 11.5 Å². The van der Waals surface area contributed by atoms with Gasteiger partial charge in [-0.1, -0.05) is 24.3 Å². The fourth-order valence-corrected chi connectivity index (χ4v) is 2.71. The molecule has 1 aliphatic rings. The predicted molar refractivity (Wildman–Crippen MR) is 82.5 cm³/mol. The van der Waals surface area contributed by atoms with Crippen LogP contribution in [-0.2, 0) is 0 Å². The zero-order chi connectivity index (χ0) is 15.0. The van der Waals surface area contributed by atoms with Gasteiger partial charge in [0.1, 0.15) is 11.4 Å². The van der Waals surface area contributed by atoms with E-state index in [4.69, 9.17) is 10.5 Å². The largest absolute Gasteiger partial charge is 0.485 e. The van der Waals surface area contributed by atoms with Crippen molar-refractivity contribution in [1.82, 2.24) is 0 Å². The maximum atomic E-state index is 11.3. The lowest BCUT2D eigenvalue weighted by atomic mass is 9.94. The normalized spacial score (nSPS) is 18.7. The van der Waals surface area contributed by atoms with Gasteiger partial charge in [-0.2, -0.15) is 0 Å². The Kier molecular flexibility index (Phi) is 3.09. The Morgan fingerprint density at radius 2 is 1.95 bits per heavy atom. The Hall–Kier alpha value is -2.49. The summed E-state index contributed by atoms with van der Waals surface area (Å²) in [5.74, 6) is 0.465. The zero-order valence-corrected chi connectivity index (χ0v) is 12.1. The summed E-state index contributed by atoms with van der Waals surface area (Å²) in [6, 6.07) is 15.2. The van der Waals surface area contributed by atoms with E-state index in [1.165, 1.54) is 0 Å². The van der Waals surface area contributed by atoms with E-state index >= 15 is 0 Å². The topological polar surface area (TPSA) is 64.3 Å². The van der Waals surface area contributed by atoms with Crippen molar-refractivity contribution in [1.29, 1.82) is 0 Å². The number of ether oxygens (including phenoxy) is 1. The molecule has 0 fully saturated rings. The minimum absolute atomic E-state index is 0.0110. The van der Waals surface area contributed by atoms with Gasteiger partial charge in [0.05, 0.1) is 6.04 Å². The predicted octanol–water partition coefficient (Wildman–Crippen LogP) is 3.11. The number of carbonyl (C=O) groups is 1. The SMILES string of the molecule is CC1(C)Oc2ccccc2C1Nc1cccc(C(N)=O)c1. The first-order valence-electron chi connectivity index (χ1n) is 6.92. The molecule has 1 aliphatic heterocycles. The number of anilines is 1. The van der Waals surface area contributed by atoms with E-state index in [-0.39, 0.29) is 11.6 Å². The molecule has 4 heteroatoms. The molecule has 0 bridgehead atoms. The van der Waals surface area contributed by atoms with Gasteiger partial charge in [0.15, 0.2) is 0 Å². The van der Waals surface area contributed by atoms with Gasteiger partial charge >= 0.3 is 0 Å². The first-order valence-corrected chi connectivity index (χ1v) is 6.92. The van der Waals surface area contributed by atoms with Gasteiger partial charge in [0.2, 0.25) is 5.91 Å². The van der Waals surface area contributed by atoms with E-state index in [0.29, 0.717) is 5.56 Å². The monoisotopic (exact) mass is 282 g/mol. The smallest absolute Gasteiger partial charge is 0.248 e. The molecule has 1 heterocycles. The fourth-order valence-electron chi connectivity index (χ4n) is 2.71. The van der Waals surface area contributed by atoms with Crippen LogP contribution in [0.2, 0.25) is 0 Å². The van der Waals surface area contributed by atoms with Gasteiger partial charge in [0.25, 0.3) is 0 Å². The second-order valence-electron chi connectivity index (χ2n) is 5.77. The maximum Gasteiger partial charge on any atom is 0.248 e. The van der Waals surface area contributed by atoms with Crippen LogP contribution in [0.3, 0.4) is 0 Å². The summed E-state index contributed by atoms with van der Waals surface area (Å²) < 4.78 is 6.00. The van der Waals surface area contributed by atoms with E-state index in [1.807, 2.05) is 44.2 Å². The molecule has 0 saturated heterocycles. The van der Waals surface area contributed by atoms with Gasteiger partial charge in [-0.25, -0.2) is 0 Å². The molecule has 0 aromatic heterocycles. The van der Waals surface area contributed by atoms with Crippen LogP contribution in [0.5, 0.6) is 5.75 Å². The number of fused-ring (bicyclic) bond motifs is 1. The van der Waals surface area contributed by atoms with E-state index in [9.17, 15) is 4.79 Å². The van der Waals surface area contributed by atoms with Crippen LogP contribution >= 0.6 is 0 Å². The molecule has 4 nitrogen and oxygen atoms in total. The third-order valence-corrected chi connectivity index (χ3v) is 3.76. The summed E-state index contributed by atoms with van der Waals surface area (Å²) >= 11 is 0. The first kappa shape index (κ1) is 13.5. The molecular formula is C17H18N2O2. The van der Waals surface area contributed by atoms with Crippen molar-refractivity contribution in [3.05, 3.63) is 59.7 Å². The van der Waals surface area contributed by atoms with Gasteiger partial charge in [-0.3, -0.25) is 4.79 Å². The number of amides is 1. The summed E-state index contributed by atoms with van der Waals surface area (Å²) in [5, 5.41) is 3.45. The Morgan fingerprint density at radius 3 is 2.71 bits per heavy atom. The van der Waals surface area contributed by atoms with Crippen molar-refractivity contribution in [2.45, 2.75) is 25.5 Å². The number of nitrogens with two attached hydrogens (primary N) is 1. The van der Waals surface area contributed by atoms with E-state index in [2.05, 4.69) is 11.4 Å². The minimum atomic E-state index is -0.430. The molecule has 0 spiro atoms. The molecule has 1 amide bonds. The average Bonchev–Trinajstić information content (AvgIpc) is 2.70. The Balaban J connectivity index is 1.94. The molecule has 0 radical (unpaired) electrons. The fraction of sp³-hybridized carbons (Fsp3) is 0.235. The van der Waals surface area contributed by atoms with Crippen LogP contribution < -0.4 is 15.8 Å². The lowest BCUT2D eigenvalue weighted by Gasteiger charge is -2.28. The molecule has 0 aliphatic carbocycles. The summed E-state index contributed by atoms with van der Waals surface area (Å²) in [4.78, 5) is 11.3. The molecule has 2 aromatic rings. The highest BCUT2D eigenvalue weighted by molar-refractivity contribution is 5.93. The number of nitrogens with one attached hydrogen (secondary N) is 1. The number of rotatable bonds is 3. The molecule has 108 valence electrons.